The highest BCUT2D eigenvalue weighted by Gasteiger charge is 2.45. The molecule has 0 unspecified atom stereocenters. The van der Waals surface area contributed by atoms with Crippen molar-refractivity contribution in [1.29, 1.82) is 0 Å². The molecule has 1 aliphatic heterocycles. The van der Waals surface area contributed by atoms with Gasteiger partial charge in [-0.15, -0.1) is 0 Å². The molecule has 12 heteroatoms. The molecule has 0 bridgehead atoms. The highest BCUT2D eigenvalue weighted by Crippen LogP contribution is 2.43. The first kappa shape index (κ1) is 32.7. The molecule has 0 aromatic heterocycles. The average Bonchev–Trinajstić information content (AvgIpc) is 3.42. The van der Waals surface area contributed by atoms with Gasteiger partial charge in [-0.05, 0) is 54.8 Å². The summed E-state index contributed by atoms with van der Waals surface area (Å²) in [5, 5.41) is 4.74. The number of hydrogen-bond donors (Lipinski definition) is 3. The van der Waals surface area contributed by atoms with Crippen LogP contribution in [0.4, 0.5) is 13.6 Å². The number of rotatable bonds is 13. The third-order valence-corrected chi connectivity index (χ3v) is 9.12. The Balaban J connectivity index is 1.46. The summed E-state index contributed by atoms with van der Waals surface area (Å²) in [6.45, 7) is 0.523. The van der Waals surface area contributed by atoms with Crippen molar-refractivity contribution in [1.82, 2.24) is 15.4 Å². The molecule has 2 fully saturated rings. The van der Waals surface area contributed by atoms with Crippen LogP contribution in [0.1, 0.15) is 68.6 Å². The monoisotopic (exact) mass is 635 g/mol. The summed E-state index contributed by atoms with van der Waals surface area (Å²) in [6.07, 6.45) is 3.70. The Bertz CT molecular complexity index is 1260. The lowest BCUT2D eigenvalue weighted by Gasteiger charge is -2.29. The molecule has 1 saturated carbocycles. The van der Waals surface area contributed by atoms with Gasteiger partial charge in [0.15, 0.2) is 6.10 Å². The van der Waals surface area contributed by atoms with Gasteiger partial charge in [-0.1, -0.05) is 86.2 Å². The molecule has 4 rings (SSSR count). The van der Waals surface area contributed by atoms with Crippen LogP contribution in [0.3, 0.4) is 0 Å². The minimum absolute atomic E-state index is 0.0777. The zero-order valence-corrected chi connectivity index (χ0v) is 25.2. The fraction of sp³-hybridized carbons (Fsp3) is 0.484. The van der Waals surface area contributed by atoms with E-state index >= 15 is 8.78 Å². The summed E-state index contributed by atoms with van der Waals surface area (Å²) in [5.74, 6) is -4.40. The van der Waals surface area contributed by atoms with Gasteiger partial charge in [0.2, 0.25) is 11.8 Å². The van der Waals surface area contributed by atoms with Crippen molar-refractivity contribution in [3.05, 3.63) is 70.7 Å². The van der Waals surface area contributed by atoms with Crippen molar-refractivity contribution < 1.29 is 32.7 Å². The molecule has 2 aromatic carbocycles. The van der Waals surface area contributed by atoms with Crippen molar-refractivity contribution in [2.24, 2.45) is 11.8 Å². The number of benzene rings is 2. The first-order valence-electron chi connectivity index (χ1n) is 14.5. The Morgan fingerprint density at radius 1 is 1.07 bits per heavy atom. The van der Waals surface area contributed by atoms with Gasteiger partial charge in [0.05, 0.1) is 6.04 Å². The summed E-state index contributed by atoms with van der Waals surface area (Å²) in [4.78, 5) is 50.1. The summed E-state index contributed by atoms with van der Waals surface area (Å²) in [5.41, 5.74) is -0.339. The lowest BCUT2D eigenvalue weighted by Crippen LogP contribution is -2.44. The molecule has 2 aliphatic rings. The topological polar surface area (TPSA) is 114 Å². The predicted octanol–water partition coefficient (Wildman–Crippen LogP) is 6.10. The molecule has 4 atom stereocenters. The maximum absolute atomic E-state index is 15.8. The first-order valence-corrected chi connectivity index (χ1v) is 15.8. The smallest absolute Gasteiger partial charge is 0.418 e. The zero-order chi connectivity index (χ0) is 30.8. The van der Waals surface area contributed by atoms with E-state index < -0.39 is 40.9 Å². The second-order valence-corrected chi connectivity index (χ2v) is 12.5. The van der Waals surface area contributed by atoms with E-state index in [1.165, 1.54) is 30.3 Å². The zero-order valence-electron chi connectivity index (χ0n) is 23.6. The van der Waals surface area contributed by atoms with Crippen LogP contribution in [0, 0.1) is 11.8 Å². The highest BCUT2D eigenvalue weighted by atomic mass is 35.5. The fourth-order valence-electron chi connectivity index (χ4n) is 5.61. The van der Waals surface area contributed by atoms with Gasteiger partial charge in [0.25, 0.3) is 0 Å². The van der Waals surface area contributed by atoms with E-state index in [-0.39, 0.29) is 34.7 Å². The van der Waals surface area contributed by atoms with Crippen LogP contribution < -0.4 is 15.4 Å². The molecule has 3 amide bonds. The van der Waals surface area contributed by atoms with Crippen molar-refractivity contribution in [2.75, 3.05) is 6.54 Å². The molecule has 1 aliphatic carbocycles. The van der Waals surface area contributed by atoms with Crippen molar-refractivity contribution >= 4 is 47.7 Å². The van der Waals surface area contributed by atoms with Gasteiger partial charge in [-0.3, -0.25) is 14.3 Å². The van der Waals surface area contributed by atoms with Gasteiger partial charge in [0.1, 0.15) is 11.5 Å². The number of halogens is 3. The highest BCUT2D eigenvalue weighted by molar-refractivity contribution is 7.99. The van der Waals surface area contributed by atoms with Crippen molar-refractivity contribution in [3.8, 4) is 0 Å². The van der Waals surface area contributed by atoms with Crippen molar-refractivity contribution in [2.45, 2.75) is 74.7 Å². The van der Waals surface area contributed by atoms with Crippen LogP contribution in [0.25, 0.3) is 0 Å². The number of aldehydes is 1. The molecule has 232 valence electrons. The van der Waals surface area contributed by atoms with E-state index in [0.29, 0.717) is 25.7 Å². The third-order valence-electron chi connectivity index (χ3n) is 7.91. The molecule has 1 heterocycles. The number of carbonyl (C=O) groups is 4. The van der Waals surface area contributed by atoms with Gasteiger partial charge in [-0.2, -0.15) is 8.78 Å². The summed E-state index contributed by atoms with van der Waals surface area (Å²) in [7, 11) is 0. The Hall–Kier alpha value is -3.18. The van der Waals surface area contributed by atoms with Gasteiger partial charge < -0.3 is 20.2 Å². The quantitative estimate of drug-likeness (QED) is 0.181. The van der Waals surface area contributed by atoms with Crippen LogP contribution >= 0.6 is 23.5 Å². The molecule has 1 saturated heterocycles. The van der Waals surface area contributed by atoms with E-state index in [1.54, 1.807) is 18.2 Å². The molecule has 0 spiro atoms. The molecular formula is C31H36ClF2N3O5S. The molecule has 2 aromatic rings. The minimum atomic E-state index is -3.63. The second kappa shape index (κ2) is 15.5. The standard InChI is InChI=1S/C31H36ClF2N3O5S/c32-24-13-7-12-23(18-24)31(33,34)27(21-10-5-2-6-11-21)42-30(41)37-43-26(16-20-8-3-1-4-9-20)29(40)36-25(19-38)17-22-14-15-35-28(22)39/h2,5-7,10-13,18-20,22,25-27H,1,3-4,8-9,14-17H2,(H,35,39)(H,36,40)(H,37,41)/t22-,25-,26-,27+/m0/s1. The summed E-state index contributed by atoms with van der Waals surface area (Å²) < 4.78 is 39.3. The number of hydrogen-bond acceptors (Lipinski definition) is 6. The number of alkyl halides is 2. The number of ether oxygens (including phenoxy) is 1. The lowest BCUT2D eigenvalue weighted by molar-refractivity contribution is -0.126. The van der Waals surface area contributed by atoms with Gasteiger partial charge in [-0.25, -0.2) is 4.79 Å². The van der Waals surface area contributed by atoms with E-state index in [4.69, 9.17) is 16.3 Å². The molecule has 0 radical (unpaired) electrons. The largest absolute Gasteiger partial charge is 0.434 e. The van der Waals surface area contributed by atoms with Gasteiger partial charge in [0, 0.05) is 23.0 Å². The van der Waals surface area contributed by atoms with Crippen LogP contribution in [0.5, 0.6) is 0 Å². The molecule has 3 N–H and O–H groups in total. The van der Waals surface area contributed by atoms with E-state index in [2.05, 4.69) is 15.4 Å². The number of amides is 3. The Morgan fingerprint density at radius 3 is 2.47 bits per heavy atom. The molecular weight excluding hydrogens is 600 g/mol. The van der Waals surface area contributed by atoms with Crippen LogP contribution in [0.2, 0.25) is 5.02 Å². The average molecular weight is 636 g/mol. The first-order chi connectivity index (χ1) is 20.7. The lowest BCUT2D eigenvalue weighted by atomic mass is 9.86. The molecule has 43 heavy (non-hydrogen) atoms. The van der Waals surface area contributed by atoms with Gasteiger partial charge >= 0.3 is 12.0 Å². The Morgan fingerprint density at radius 2 is 1.81 bits per heavy atom. The van der Waals surface area contributed by atoms with E-state index in [9.17, 15) is 19.2 Å². The summed E-state index contributed by atoms with van der Waals surface area (Å²) in [6, 6.07) is 12.0. The van der Waals surface area contributed by atoms with Crippen LogP contribution in [-0.2, 0) is 25.0 Å². The van der Waals surface area contributed by atoms with E-state index in [1.807, 2.05) is 0 Å². The SMILES string of the molecule is O=C[C@H](C[C@@H]1CCNC1=O)NC(=O)[C@H](CC1CCCCC1)SNC(=O)O[C@H](c1ccccc1)C(F)(F)c1cccc(Cl)c1. The third kappa shape index (κ3) is 9.15. The fourth-order valence-corrected chi connectivity index (χ4v) is 6.63. The maximum atomic E-state index is 15.8. The maximum Gasteiger partial charge on any atom is 0.418 e. The predicted molar refractivity (Wildman–Crippen MR) is 160 cm³/mol. The second-order valence-electron chi connectivity index (χ2n) is 11.0. The number of nitrogens with one attached hydrogen (secondary N) is 3. The summed E-state index contributed by atoms with van der Waals surface area (Å²) >= 11 is 6.74. The Kier molecular flexibility index (Phi) is 11.8. The Labute approximate surface area is 259 Å². The van der Waals surface area contributed by atoms with Crippen LogP contribution in [0.15, 0.2) is 54.6 Å². The normalized spacial score (nSPS) is 19.5. The number of carbonyl (C=O) groups excluding carboxylic acids is 4. The minimum Gasteiger partial charge on any atom is -0.434 e. The van der Waals surface area contributed by atoms with E-state index in [0.717, 1.165) is 50.1 Å². The molecule has 8 nitrogen and oxygen atoms in total. The van der Waals surface area contributed by atoms with Crippen molar-refractivity contribution in [3.63, 3.8) is 0 Å². The van der Waals surface area contributed by atoms with Crippen LogP contribution in [-0.4, -0.2) is 42.0 Å².